The number of carbonyl (C=O) groups excluding carboxylic acids is 1. The van der Waals surface area contributed by atoms with E-state index in [1.807, 2.05) is 31.2 Å². The zero-order valence-corrected chi connectivity index (χ0v) is 13.6. The summed E-state index contributed by atoms with van der Waals surface area (Å²) in [5.74, 6) is 0.700. The topological polar surface area (TPSA) is 48.4 Å². The number of aryl methyl sites for hydroxylation is 1. The van der Waals surface area contributed by atoms with Gasteiger partial charge in [-0.15, -0.1) is 11.3 Å². The van der Waals surface area contributed by atoms with E-state index in [0.717, 1.165) is 10.6 Å². The third kappa shape index (κ3) is 3.57. The van der Waals surface area contributed by atoms with Crippen molar-refractivity contribution < 1.29 is 14.3 Å². The van der Waals surface area contributed by atoms with Gasteiger partial charge in [-0.2, -0.15) is 0 Å². The van der Waals surface area contributed by atoms with E-state index in [1.165, 1.54) is 16.9 Å². The molecule has 1 heterocycles. The highest BCUT2D eigenvalue weighted by molar-refractivity contribution is 7.13. The number of hydrogen-bond donors (Lipinski definition) is 0. The minimum atomic E-state index is -0.468. The smallest absolute Gasteiger partial charge is 0.363 e. The Kier molecular flexibility index (Phi) is 4.39. The number of aromatic nitrogens is 1. The zero-order valence-electron chi connectivity index (χ0n) is 12.8. The molecule has 0 aliphatic carbocycles. The van der Waals surface area contributed by atoms with Crippen molar-refractivity contribution in [3.63, 3.8) is 0 Å². The number of nitrogens with zero attached hydrogens (tertiary/aromatic N) is 1. The summed E-state index contributed by atoms with van der Waals surface area (Å²) in [5.41, 5.74) is 2.48. The van der Waals surface area contributed by atoms with Gasteiger partial charge in [-0.25, -0.2) is 9.78 Å². The fraction of sp³-hybridized carbons (Fsp3) is 0.111. The highest BCUT2D eigenvalue weighted by atomic mass is 32.1. The van der Waals surface area contributed by atoms with Crippen LogP contribution in [0.1, 0.15) is 16.1 Å². The number of thiazole rings is 1. The van der Waals surface area contributed by atoms with Crippen molar-refractivity contribution in [3.05, 3.63) is 65.2 Å². The Morgan fingerprint density at radius 2 is 1.65 bits per heavy atom. The normalized spacial score (nSPS) is 10.3. The SMILES string of the molecule is COc1ccc(OC(=O)c2csc(-c3ccc(C)cc3)n2)cc1. The van der Waals surface area contributed by atoms with E-state index in [4.69, 9.17) is 9.47 Å². The molecule has 0 fully saturated rings. The Balaban J connectivity index is 1.74. The highest BCUT2D eigenvalue weighted by Gasteiger charge is 2.14. The van der Waals surface area contributed by atoms with Crippen LogP contribution in [0, 0.1) is 6.92 Å². The van der Waals surface area contributed by atoms with Crippen molar-refractivity contribution in [1.82, 2.24) is 4.98 Å². The zero-order chi connectivity index (χ0) is 16.2. The van der Waals surface area contributed by atoms with Gasteiger partial charge < -0.3 is 9.47 Å². The van der Waals surface area contributed by atoms with Crippen molar-refractivity contribution in [2.75, 3.05) is 7.11 Å². The summed E-state index contributed by atoms with van der Waals surface area (Å²) in [6, 6.07) is 14.9. The third-order valence-electron chi connectivity index (χ3n) is 3.28. The van der Waals surface area contributed by atoms with Crippen molar-refractivity contribution >= 4 is 17.3 Å². The molecular formula is C18H15NO3S. The number of benzene rings is 2. The molecule has 0 bridgehead atoms. The van der Waals surface area contributed by atoms with Crippen LogP contribution in [0.25, 0.3) is 10.6 Å². The molecule has 5 heteroatoms. The molecule has 2 aromatic carbocycles. The average molecular weight is 325 g/mol. The first-order chi connectivity index (χ1) is 11.2. The van der Waals surface area contributed by atoms with E-state index >= 15 is 0 Å². The van der Waals surface area contributed by atoms with Crippen LogP contribution in [0.5, 0.6) is 11.5 Å². The van der Waals surface area contributed by atoms with Crippen LogP contribution in [-0.4, -0.2) is 18.1 Å². The van der Waals surface area contributed by atoms with Crippen LogP contribution in [-0.2, 0) is 0 Å². The van der Waals surface area contributed by atoms with E-state index in [9.17, 15) is 4.79 Å². The van der Waals surface area contributed by atoms with Crippen LogP contribution >= 0.6 is 11.3 Å². The molecule has 0 unspecified atom stereocenters. The summed E-state index contributed by atoms with van der Waals surface area (Å²) in [7, 11) is 1.59. The number of methoxy groups -OCH3 is 1. The van der Waals surface area contributed by atoms with Gasteiger partial charge in [0.15, 0.2) is 5.69 Å². The molecule has 23 heavy (non-hydrogen) atoms. The summed E-state index contributed by atoms with van der Waals surface area (Å²) in [4.78, 5) is 16.5. The van der Waals surface area contributed by atoms with Crippen molar-refractivity contribution in [2.24, 2.45) is 0 Å². The summed E-state index contributed by atoms with van der Waals surface area (Å²) >= 11 is 1.42. The summed E-state index contributed by atoms with van der Waals surface area (Å²) in [6.07, 6.45) is 0. The molecule has 0 radical (unpaired) electrons. The van der Waals surface area contributed by atoms with Crippen molar-refractivity contribution in [1.29, 1.82) is 0 Å². The molecule has 116 valence electrons. The van der Waals surface area contributed by atoms with Gasteiger partial charge in [0.25, 0.3) is 0 Å². The lowest BCUT2D eigenvalue weighted by molar-refractivity contribution is 0.0729. The van der Waals surface area contributed by atoms with Gasteiger partial charge in [-0.1, -0.05) is 29.8 Å². The van der Waals surface area contributed by atoms with Gasteiger partial charge >= 0.3 is 5.97 Å². The number of ether oxygens (including phenoxy) is 2. The molecular weight excluding hydrogens is 310 g/mol. The second-order valence-electron chi connectivity index (χ2n) is 4.97. The first-order valence-corrected chi connectivity index (χ1v) is 7.92. The molecule has 0 aliphatic heterocycles. The molecule has 0 saturated heterocycles. The Hall–Kier alpha value is -2.66. The lowest BCUT2D eigenvalue weighted by Gasteiger charge is -2.03. The summed E-state index contributed by atoms with van der Waals surface area (Å²) in [6.45, 7) is 2.03. The minimum Gasteiger partial charge on any atom is -0.497 e. The monoisotopic (exact) mass is 325 g/mol. The second kappa shape index (κ2) is 6.62. The van der Waals surface area contributed by atoms with E-state index in [2.05, 4.69) is 4.98 Å². The molecule has 0 amide bonds. The van der Waals surface area contributed by atoms with Crippen LogP contribution in [0.3, 0.4) is 0 Å². The molecule has 0 spiro atoms. The van der Waals surface area contributed by atoms with Gasteiger partial charge in [-0.3, -0.25) is 0 Å². The molecule has 0 saturated carbocycles. The summed E-state index contributed by atoms with van der Waals surface area (Å²) in [5, 5.41) is 2.51. The average Bonchev–Trinajstić information content (AvgIpc) is 3.06. The number of esters is 1. The van der Waals surface area contributed by atoms with Crippen molar-refractivity contribution in [2.45, 2.75) is 6.92 Å². The van der Waals surface area contributed by atoms with Gasteiger partial charge in [0.1, 0.15) is 16.5 Å². The maximum atomic E-state index is 12.2. The largest absolute Gasteiger partial charge is 0.497 e. The van der Waals surface area contributed by atoms with Crippen LogP contribution in [0.15, 0.2) is 53.9 Å². The van der Waals surface area contributed by atoms with E-state index in [1.54, 1.807) is 36.8 Å². The maximum absolute atomic E-state index is 12.2. The third-order valence-corrected chi connectivity index (χ3v) is 4.17. The van der Waals surface area contributed by atoms with E-state index in [0.29, 0.717) is 17.2 Å². The second-order valence-corrected chi connectivity index (χ2v) is 5.83. The number of rotatable bonds is 4. The lowest BCUT2D eigenvalue weighted by Crippen LogP contribution is -2.08. The fourth-order valence-corrected chi connectivity index (χ4v) is 2.79. The molecule has 3 rings (SSSR count). The van der Waals surface area contributed by atoms with Gasteiger partial charge in [0.2, 0.25) is 0 Å². The van der Waals surface area contributed by atoms with Gasteiger partial charge in [0.05, 0.1) is 7.11 Å². The highest BCUT2D eigenvalue weighted by Crippen LogP contribution is 2.25. The minimum absolute atomic E-state index is 0.307. The van der Waals surface area contributed by atoms with Gasteiger partial charge in [-0.05, 0) is 31.2 Å². The van der Waals surface area contributed by atoms with E-state index in [-0.39, 0.29) is 0 Å². The summed E-state index contributed by atoms with van der Waals surface area (Å²) < 4.78 is 10.4. The first kappa shape index (κ1) is 15.2. The number of carbonyl (C=O) groups is 1. The predicted octanol–water partition coefficient (Wildman–Crippen LogP) is 4.35. The van der Waals surface area contributed by atoms with Crippen LogP contribution < -0.4 is 9.47 Å². The lowest BCUT2D eigenvalue weighted by atomic mass is 10.2. The predicted molar refractivity (Wildman–Crippen MR) is 90.2 cm³/mol. The molecule has 0 N–H and O–H groups in total. The van der Waals surface area contributed by atoms with Crippen LogP contribution in [0.2, 0.25) is 0 Å². The van der Waals surface area contributed by atoms with Crippen LogP contribution in [0.4, 0.5) is 0 Å². The van der Waals surface area contributed by atoms with E-state index < -0.39 is 5.97 Å². The van der Waals surface area contributed by atoms with Gasteiger partial charge in [0, 0.05) is 10.9 Å². The Morgan fingerprint density at radius 1 is 1.00 bits per heavy atom. The first-order valence-electron chi connectivity index (χ1n) is 7.04. The Bertz CT molecular complexity index is 807. The molecule has 4 nitrogen and oxygen atoms in total. The quantitative estimate of drug-likeness (QED) is 0.529. The maximum Gasteiger partial charge on any atom is 0.363 e. The Morgan fingerprint density at radius 3 is 2.30 bits per heavy atom. The molecule has 3 aromatic rings. The Labute approximate surface area is 138 Å². The van der Waals surface area contributed by atoms with Crippen molar-refractivity contribution in [3.8, 4) is 22.1 Å². The molecule has 0 atom stereocenters. The molecule has 1 aromatic heterocycles. The standard InChI is InChI=1S/C18H15NO3S/c1-12-3-5-13(6-4-12)17-19-16(11-23-17)18(20)22-15-9-7-14(21-2)8-10-15/h3-11H,1-2H3. The fourth-order valence-electron chi connectivity index (χ4n) is 2.00. The number of hydrogen-bond acceptors (Lipinski definition) is 5. The molecule has 0 aliphatic rings.